The lowest BCUT2D eigenvalue weighted by atomic mass is 9.81. The fourth-order valence-electron chi connectivity index (χ4n) is 1.20. The van der Waals surface area contributed by atoms with E-state index in [-0.39, 0.29) is 11.5 Å². The molecule has 0 fully saturated rings. The molecule has 13 heavy (non-hydrogen) atoms. The van der Waals surface area contributed by atoms with Crippen molar-refractivity contribution in [1.82, 2.24) is 0 Å². The van der Waals surface area contributed by atoms with Gasteiger partial charge in [-0.25, -0.2) is 0 Å². The summed E-state index contributed by atoms with van der Waals surface area (Å²) in [7, 11) is 0. The average molecular weight is 205 g/mol. The summed E-state index contributed by atoms with van der Waals surface area (Å²) in [6, 6.07) is 0. The molecule has 3 N–H and O–H groups in total. The SMILES string of the molecule is CCSCCCC(C)(CN)C(C)O. The van der Waals surface area contributed by atoms with E-state index < -0.39 is 0 Å². The molecule has 0 saturated carbocycles. The highest BCUT2D eigenvalue weighted by Crippen LogP contribution is 2.26. The maximum absolute atomic E-state index is 9.54. The Labute approximate surface area is 86.3 Å². The van der Waals surface area contributed by atoms with Crippen LogP contribution in [-0.4, -0.2) is 29.3 Å². The van der Waals surface area contributed by atoms with Crippen molar-refractivity contribution in [2.24, 2.45) is 11.1 Å². The summed E-state index contributed by atoms with van der Waals surface area (Å²) < 4.78 is 0. The molecule has 2 unspecified atom stereocenters. The molecule has 0 aliphatic carbocycles. The third-order valence-electron chi connectivity index (χ3n) is 2.72. The summed E-state index contributed by atoms with van der Waals surface area (Å²) in [5.41, 5.74) is 5.57. The molecule has 0 spiro atoms. The summed E-state index contributed by atoms with van der Waals surface area (Å²) in [4.78, 5) is 0. The summed E-state index contributed by atoms with van der Waals surface area (Å²) in [5.74, 6) is 2.35. The van der Waals surface area contributed by atoms with Gasteiger partial charge >= 0.3 is 0 Å². The number of hydrogen-bond acceptors (Lipinski definition) is 3. The third kappa shape index (κ3) is 4.89. The zero-order valence-corrected chi connectivity index (χ0v) is 9.86. The van der Waals surface area contributed by atoms with Gasteiger partial charge < -0.3 is 10.8 Å². The van der Waals surface area contributed by atoms with Crippen LogP contribution in [0.25, 0.3) is 0 Å². The normalized spacial score (nSPS) is 18.2. The van der Waals surface area contributed by atoms with E-state index in [9.17, 15) is 5.11 Å². The van der Waals surface area contributed by atoms with E-state index in [1.165, 1.54) is 11.5 Å². The number of aliphatic hydroxyl groups is 1. The fourth-order valence-corrected chi connectivity index (χ4v) is 1.84. The topological polar surface area (TPSA) is 46.2 Å². The maximum Gasteiger partial charge on any atom is 0.0577 e. The van der Waals surface area contributed by atoms with Crippen molar-refractivity contribution >= 4 is 11.8 Å². The number of aliphatic hydroxyl groups excluding tert-OH is 1. The van der Waals surface area contributed by atoms with E-state index in [4.69, 9.17) is 5.73 Å². The van der Waals surface area contributed by atoms with Crippen LogP contribution in [0.3, 0.4) is 0 Å². The Balaban J connectivity index is 3.71. The minimum absolute atomic E-state index is 0.0890. The number of thioether (sulfide) groups is 1. The zero-order chi connectivity index (χ0) is 10.3. The Kier molecular flexibility index (Phi) is 6.82. The lowest BCUT2D eigenvalue weighted by molar-refractivity contribution is 0.0518. The number of rotatable bonds is 7. The summed E-state index contributed by atoms with van der Waals surface area (Å²) >= 11 is 1.95. The van der Waals surface area contributed by atoms with E-state index in [0.29, 0.717) is 6.54 Å². The Morgan fingerprint density at radius 2 is 2.15 bits per heavy atom. The molecule has 2 atom stereocenters. The van der Waals surface area contributed by atoms with Gasteiger partial charge in [-0.2, -0.15) is 11.8 Å². The van der Waals surface area contributed by atoms with Gasteiger partial charge in [0, 0.05) is 12.0 Å². The highest BCUT2D eigenvalue weighted by Gasteiger charge is 2.27. The molecule has 2 nitrogen and oxygen atoms in total. The van der Waals surface area contributed by atoms with Gasteiger partial charge in [-0.05, 0) is 31.3 Å². The first-order valence-corrected chi connectivity index (χ1v) is 6.18. The lowest BCUT2D eigenvalue weighted by Gasteiger charge is -2.31. The predicted octanol–water partition coefficient (Wildman–Crippen LogP) is 1.87. The standard InChI is InChI=1S/C10H23NOS/c1-4-13-7-5-6-10(3,8-11)9(2)12/h9,12H,4-8,11H2,1-3H3. The fraction of sp³-hybridized carbons (Fsp3) is 1.00. The van der Waals surface area contributed by atoms with Gasteiger partial charge in [0.1, 0.15) is 0 Å². The van der Waals surface area contributed by atoms with Crippen LogP contribution in [0.1, 0.15) is 33.6 Å². The number of nitrogens with two attached hydrogens (primary N) is 1. The van der Waals surface area contributed by atoms with Gasteiger partial charge in [0.15, 0.2) is 0 Å². The van der Waals surface area contributed by atoms with Gasteiger partial charge in [-0.3, -0.25) is 0 Å². The van der Waals surface area contributed by atoms with E-state index in [1.54, 1.807) is 0 Å². The maximum atomic E-state index is 9.54. The molecule has 0 bridgehead atoms. The van der Waals surface area contributed by atoms with Crippen LogP contribution in [0.5, 0.6) is 0 Å². The van der Waals surface area contributed by atoms with Crippen LogP contribution in [0.2, 0.25) is 0 Å². The first kappa shape index (κ1) is 13.3. The van der Waals surface area contributed by atoms with Gasteiger partial charge in [-0.15, -0.1) is 0 Å². The average Bonchev–Trinajstić information content (AvgIpc) is 2.12. The van der Waals surface area contributed by atoms with Crippen LogP contribution in [0, 0.1) is 5.41 Å². The van der Waals surface area contributed by atoms with E-state index >= 15 is 0 Å². The van der Waals surface area contributed by atoms with Gasteiger partial charge in [0.2, 0.25) is 0 Å². The first-order valence-electron chi connectivity index (χ1n) is 5.02. The van der Waals surface area contributed by atoms with Crippen molar-refractivity contribution in [2.45, 2.75) is 39.7 Å². The molecular formula is C10H23NOS. The Morgan fingerprint density at radius 3 is 2.54 bits per heavy atom. The summed E-state index contributed by atoms with van der Waals surface area (Å²) in [6.07, 6.45) is 1.87. The van der Waals surface area contributed by atoms with Crippen LogP contribution in [0.15, 0.2) is 0 Å². The molecule has 80 valence electrons. The highest BCUT2D eigenvalue weighted by molar-refractivity contribution is 7.99. The third-order valence-corrected chi connectivity index (χ3v) is 3.70. The van der Waals surface area contributed by atoms with Crippen molar-refractivity contribution in [3.63, 3.8) is 0 Å². The molecule has 0 saturated heterocycles. The van der Waals surface area contributed by atoms with Crippen molar-refractivity contribution < 1.29 is 5.11 Å². The quantitative estimate of drug-likeness (QED) is 0.624. The van der Waals surface area contributed by atoms with Crippen LogP contribution >= 0.6 is 11.8 Å². The second-order valence-corrected chi connectivity index (χ2v) is 5.23. The molecule has 0 aromatic heterocycles. The lowest BCUT2D eigenvalue weighted by Crippen LogP contribution is -2.37. The second-order valence-electron chi connectivity index (χ2n) is 3.83. The molecule has 0 rings (SSSR count). The minimum Gasteiger partial charge on any atom is -0.393 e. The van der Waals surface area contributed by atoms with Crippen LogP contribution in [0.4, 0.5) is 0 Å². The van der Waals surface area contributed by atoms with E-state index in [2.05, 4.69) is 13.8 Å². The first-order chi connectivity index (χ1) is 6.06. The second kappa shape index (κ2) is 6.68. The highest BCUT2D eigenvalue weighted by atomic mass is 32.2. The van der Waals surface area contributed by atoms with E-state index in [0.717, 1.165) is 12.8 Å². The zero-order valence-electron chi connectivity index (χ0n) is 9.05. The molecule has 0 aliphatic rings. The molecular weight excluding hydrogens is 182 g/mol. The van der Waals surface area contributed by atoms with Gasteiger partial charge in [-0.1, -0.05) is 13.8 Å². The molecule has 0 aliphatic heterocycles. The Bertz CT molecular complexity index is 130. The van der Waals surface area contributed by atoms with Crippen LogP contribution < -0.4 is 5.73 Å². The predicted molar refractivity (Wildman–Crippen MR) is 61.1 cm³/mol. The Morgan fingerprint density at radius 1 is 1.54 bits per heavy atom. The molecule has 0 heterocycles. The van der Waals surface area contributed by atoms with Crippen molar-refractivity contribution in [3.8, 4) is 0 Å². The van der Waals surface area contributed by atoms with Crippen LogP contribution in [-0.2, 0) is 0 Å². The summed E-state index contributed by atoms with van der Waals surface area (Å²) in [5, 5.41) is 9.54. The molecule has 0 aromatic carbocycles. The molecule has 3 heteroatoms. The smallest absolute Gasteiger partial charge is 0.0577 e. The van der Waals surface area contributed by atoms with Crippen molar-refractivity contribution in [3.05, 3.63) is 0 Å². The minimum atomic E-state index is -0.302. The monoisotopic (exact) mass is 205 g/mol. The molecule has 0 amide bonds. The number of hydrogen-bond donors (Lipinski definition) is 2. The van der Waals surface area contributed by atoms with Crippen molar-refractivity contribution in [2.75, 3.05) is 18.1 Å². The summed E-state index contributed by atoms with van der Waals surface area (Å²) in [6.45, 7) is 6.64. The largest absolute Gasteiger partial charge is 0.393 e. The van der Waals surface area contributed by atoms with Crippen molar-refractivity contribution in [1.29, 1.82) is 0 Å². The van der Waals surface area contributed by atoms with Gasteiger partial charge in [0.05, 0.1) is 6.10 Å². The van der Waals surface area contributed by atoms with Gasteiger partial charge in [0.25, 0.3) is 0 Å². The molecule has 0 aromatic rings. The Hall–Kier alpha value is 0.270. The van der Waals surface area contributed by atoms with E-state index in [1.807, 2.05) is 18.7 Å². The molecule has 0 radical (unpaired) electrons.